The first-order valence-corrected chi connectivity index (χ1v) is 7.36. The van der Waals surface area contributed by atoms with Crippen LogP contribution in [0, 0.1) is 6.92 Å². The normalized spacial score (nSPS) is 14.4. The number of oxazole rings is 1. The molecule has 0 aliphatic carbocycles. The summed E-state index contributed by atoms with van der Waals surface area (Å²) >= 11 is 1.40. The molecule has 0 amide bonds. The Labute approximate surface area is 118 Å². The predicted octanol–water partition coefficient (Wildman–Crippen LogP) is 2.39. The van der Waals surface area contributed by atoms with Gasteiger partial charge in [0.15, 0.2) is 0 Å². The summed E-state index contributed by atoms with van der Waals surface area (Å²) < 4.78 is 10.4. The van der Waals surface area contributed by atoms with Crippen LogP contribution in [0.4, 0.5) is 0 Å². The quantitative estimate of drug-likeness (QED) is 0.613. The number of nitrogens with zero attached hydrogens (tertiary/aromatic N) is 1. The molecular formula is C13H22N2O3S. The van der Waals surface area contributed by atoms with Gasteiger partial charge in [-0.25, -0.2) is 4.98 Å². The lowest BCUT2D eigenvalue weighted by Crippen LogP contribution is -2.55. The van der Waals surface area contributed by atoms with Gasteiger partial charge in [0, 0.05) is 11.8 Å². The van der Waals surface area contributed by atoms with Crippen LogP contribution in [0.5, 0.6) is 0 Å². The van der Waals surface area contributed by atoms with Gasteiger partial charge in [0.25, 0.3) is 5.22 Å². The standard InChI is InChI=1S/C13H22N2O3S/c1-6-17-11(16)13(5,15-9(2)3)8-19-12-14-10(4)7-18-12/h7,9,15H,6,8H2,1-5H3. The Kier molecular flexibility index (Phi) is 5.87. The first-order valence-electron chi connectivity index (χ1n) is 6.37. The van der Waals surface area contributed by atoms with Crippen LogP contribution in [0.1, 0.15) is 33.4 Å². The minimum absolute atomic E-state index is 0.182. The van der Waals surface area contributed by atoms with Crippen molar-refractivity contribution in [3.8, 4) is 0 Å². The summed E-state index contributed by atoms with van der Waals surface area (Å²) in [5.74, 6) is 0.253. The third-order valence-corrected chi connectivity index (χ3v) is 3.57. The maximum atomic E-state index is 12.1. The molecule has 0 radical (unpaired) electrons. The second kappa shape index (κ2) is 6.96. The van der Waals surface area contributed by atoms with Crippen molar-refractivity contribution in [1.82, 2.24) is 10.3 Å². The minimum atomic E-state index is -0.753. The van der Waals surface area contributed by atoms with Crippen molar-refractivity contribution in [3.05, 3.63) is 12.0 Å². The lowest BCUT2D eigenvalue weighted by atomic mass is 10.0. The predicted molar refractivity (Wildman–Crippen MR) is 75.3 cm³/mol. The van der Waals surface area contributed by atoms with Crippen molar-refractivity contribution < 1.29 is 13.9 Å². The maximum Gasteiger partial charge on any atom is 0.326 e. The Bertz CT molecular complexity index is 420. The van der Waals surface area contributed by atoms with E-state index in [0.29, 0.717) is 17.6 Å². The number of hydrogen-bond donors (Lipinski definition) is 1. The SMILES string of the molecule is CCOC(=O)C(C)(CSc1nc(C)co1)NC(C)C. The lowest BCUT2D eigenvalue weighted by molar-refractivity contribution is -0.149. The number of nitrogens with one attached hydrogen (secondary N) is 1. The molecular weight excluding hydrogens is 264 g/mol. The average Bonchev–Trinajstić information content (AvgIpc) is 2.72. The summed E-state index contributed by atoms with van der Waals surface area (Å²) in [6, 6.07) is 0.182. The molecule has 1 unspecified atom stereocenters. The van der Waals surface area contributed by atoms with Gasteiger partial charge < -0.3 is 9.15 Å². The molecule has 19 heavy (non-hydrogen) atoms. The Morgan fingerprint density at radius 1 is 1.63 bits per heavy atom. The third kappa shape index (κ3) is 4.87. The maximum absolute atomic E-state index is 12.1. The number of rotatable bonds is 7. The van der Waals surface area contributed by atoms with Gasteiger partial charge in [-0.2, -0.15) is 0 Å². The van der Waals surface area contributed by atoms with Gasteiger partial charge in [-0.1, -0.05) is 11.8 Å². The molecule has 0 aliphatic rings. The molecule has 5 nitrogen and oxygen atoms in total. The number of thioether (sulfide) groups is 1. The second-order valence-corrected chi connectivity index (χ2v) is 5.82. The van der Waals surface area contributed by atoms with E-state index in [4.69, 9.17) is 9.15 Å². The number of esters is 1. The zero-order valence-corrected chi connectivity index (χ0v) is 13.0. The summed E-state index contributed by atoms with van der Waals surface area (Å²) in [6.07, 6.45) is 1.60. The highest BCUT2D eigenvalue weighted by molar-refractivity contribution is 7.99. The topological polar surface area (TPSA) is 64.4 Å². The van der Waals surface area contributed by atoms with Crippen LogP contribution in [0.15, 0.2) is 15.9 Å². The fourth-order valence-electron chi connectivity index (χ4n) is 1.69. The van der Waals surface area contributed by atoms with Gasteiger partial charge in [0.05, 0.1) is 12.3 Å². The van der Waals surface area contributed by atoms with Crippen molar-refractivity contribution in [1.29, 1.82) is 0 Å². The highest BCUT2D eigenvalue weighted by atomic mass is 32.2. The highest BCUT2D eigenvalue weighted by Crippen LogP contribution is 2.23. The van der Waals surface area contributed by atoms with Crippen molar-refractivity contribution >= 4 is 17.7 Å². The number of hydrogen-bond acceptors (Lipinski definition) is 6. The molecule has 1 aromatic rings. The van der Waals surface area contributed by atoms with Crippen molar-refractivity contribution in [3.63, 3.8) is 0 Å². The Balaban J connectivity index is 2.70. The molecule has 0 saturated heterocycles. The van der Waals surface area contributed by atoms with E-state index < -0.39 is 5.54 Å². The van der Waals surface area contributed by atoms with E-state index >= 15 is 0 Å². The van der Waals surface area contributed by atoms with Gasteiger partial charge in [-0.05, 0) is 34.6 Å². The minimum Gasteiger partial charge on any atom is -0.465 e. The lowest BCUT2D eigenvalue weighted by Gasteiger charge is -2.29. The number of aryl methyl sites for hydroxylation is 1. The van der Waals surface area contributed by atoms with E-state index in [0.717, 1.165) is 5.69 Å². The first-order chi connectivity index (χ1) is 8.87. The molecule has 0 saturated carbocycles. The van der Waals surface area contributed by atoms with Crippen LogP contribution in [-0.2, 0) is 9.53 Å². The van der Waals surface area contributed by atoms with Crippen molar-refractivity contribution in [2.75, 3.05) is 12.4 Å². The molecule has 0 aromatic carbocycles. The smallest absolute Gasteiger partial charge is 0.326 e. The van der Waals surface area contributed by atoms with Gasteiger partial charge in [0.1, 0.15) is 11.8 Å². The molecule has 1 heterocycles. The fraction of sp³-hybridized carbons (Fsp3) is 0.692. The van der Waals surface area contributed by atoms with Crippen LogP contribution in [0.2, 0.25) is 0 Å². The van der Waals surface area contributed by atoms with Crippen LogP contribution in [-0.4, -0.2) is 34.9 Å². The number of ether oxygens (including phenoxy) is 1. The molecule has 108 valence electrons. The molecule has 1 atom stereocenters. The van der Waals surface area contributed by atoms with Crippen LogP contribution >= 0.6 is 11.8 Å². The molecule has 6 heteroatoms. The molecule has 1 rings (SSSR count). The van der Waals surface area contributed by atoms with E-state index in [1.165, 1.54) is 11.8 Å². The van der Waals surface area contributed by atoms with E-state index in [-0.39, 0.29) is 12.0 Å². The number of aromatic nitrogens is 1. The van der Waals surface area contributed by atoms with Crippen LogP contribution in [0.25, 0.3) is 0 Å². The van der Waals surface area contributed by atoms with Crippen molar-refractivity contribution in [2.45, 2.75) is 51.4 Å². The molecule has 0 spiro atoms. The molecule has 1 N–H and O–H groups in total. The van der Waals surface area contributed by atoms with E-state index in [2.05, 4.69) is 10.3 Å². The zero-order valence-electron chi connectivity index (χ0n) is 12.1. The first kappa shape index (κ1) is 16.0. The average molecular weight is 286 g/mol. The fourth-order valence-corrected chi connectivity index (χ4v) is 2.63. The van der Waals surface area contributed by atoms with Gasteiger partial charge in [-0.3, -0.25) is 10.1 Å². The summed E-state index contributed by atoms with van der Waals surface area (Å²) in [7, 11) is 0. The second-order valence-electron chi connectivity index (χ2n) is 4.90. The highest BCUT2D eigenvalue weighted by Gasteiger charge is 2.35. The summed E-state index contributed by atoms with van der Waals surface area (Å²) in [4.78, 5) is 16.3. The van der Waals surface area contributed by atoms with Gasteiger partial charge in [-0.15, -0.1) is 0 Å². The van der Waals surface area contributed by atoms with E-state index in [1.54, 1.807) is 13.2 Å². The molecule has 0 bridgehead atoms. The van der Waals surface area contributed by atoms with Gasteiger partial charge >= 0.3 is 5.97 Å². The van der Waals surface area contributed by atoms with Crippen molar-refractivity contribution in [2.24, 2.45) is 0 Å². The van der Waals surface area contributed by atoms with Crippen LogP contribution in [0.3, 0.4) is 0 Å². The molecule has 1 aromatic heterocycles. The monoisotopic (exact) mass is 286 g/mol. The van der Waals surface area contributed by atoms with Crippen LogP contribution < -0.4 is 5.32 Å². The van der Waals surface area contributed by atoms with E-state index in [9.17, 15) is 4.79 Å². The zero-order chi connectivity index (χ0) is 14.5. The largest absolute Gasteiger partial charge is 0.465 e. The Hall–Kier alpha value is -1.01. The number of carbonyl (C=O) groups excluding carboxylic acids is 1. The van der Waals surface area contributed by atoms with E-state index in [1.807, 2.05) is 27.7 Å². The van der Waals surface area contributed by atoms with Gasteiger partial charge in [0.2, 0.25) is 0 Å². The Morgan fingerprint density at radius 3 is 2.79 bits per heavy atom. The Morgan fingerprint density at radius 2 is 2.32 bits per heavy atom. The molecule has 0 aliphatic heterocycles. The summed E-state index contributed by atoms with van der Waals surface area (Å²) in [5, 5.41) is 3.82. The summed E-state index contributed by atoms with van der Waals surface area (Å²) in [6.45, 7) is 9.88. The number of carbonyl (C=O) groups is 1. The summed E-state index contributed by atoms with van der Waals surface area (Å²) in [5.41, 5.74) is 0.0779. The molecule has 0 fully saturated rings. The third-order valence-electron chi connectivity index (χ3n) is 2.42.